The van der Waals surface area contributed by atoms with Crippen molar-refractivity contribution in [2.45, 2.75) is 13.3 Å². The number of benzene rings is 7. The van der Waals surface area contributed by atoms with Crippen molar-refractivity contribution in [3.05, 3.63) is 218 Å². The van der Waals surface area contributed by atoms with Crippen LogP contribution in [0.4, 0.5) is 0 Å². The molecule has 0 saturated carbocycles. The SMILES string of the molecule is C/C(C/C(=N\O[Si](c1ccccc1)(c1ccccc1)c1ccccc1)c1ccccc1)=N\O[Si](c1ccccc1)(c1ccccc1)c1ccccc1. The maximum atomic E-state index is 7.10. The molecule has 6 heteroatoms. The van der Waals surface area contributed by atoms with Gasteiger partial charge in [0.15, 0.2) is 0 Å². The smallest absolute Gasteiger partial charge is 0.380 e. The number of hydrogen-bond acceptors (Lipinski definition) is 4. The average molecular weight is 709 g/mol. The van der Waals surface area contributed by atoms with Gasteiger partial charge in [-0.25, -0.2) is 0 Å². The number of oxime groups is 2. The molecule has 0 aliphatic rings. The maximum Gasteiger partial charge on any atom is 0.380 e. The van der Waals surface area contributed by atoms with Crippen LogP contribution >= 0.6 is 0 Å². The maximum absolute atomic E-state index is 7.10. The summed E-state index contributed by atoms with van der Waals surface area (Å²) in [7, 11) is -6.15. The van der Waals surface area contributed by atoms with Gasteiger partial charge in [0.05, 0.1) is 11.4 Å². The highest BCUT2D eigenvalue weighted by molar-refractivity contribution is 7.07. The molecule has 0 spiro atoms. The molecular formula is C46H40N2O2Si2. The highest BCUT2D eigenvalue weighted by Crippen LogP contribution is 2.15. The molecule has 0 aromatic heterocycles. The van der Waals surface area contributed by atoms with Crippen LogP contribution in [0.25, 0.3) is 0 Å². The van der Waals surface area contributed by atoms with Gasteiger partial charge in [-0.15, -0.1) is 10.3 Å². The summed E-state index contributed by atoms with van der Waals surface area (Å²) >= 11 is 0. The van der Waals surface area contributed by atoms with Crippen molar-refractivity contribution in [2.24, 2.45) is 10.3 Å². The normalized spacial score (nSPS) is 12.2. The van der Waals surface area contributed by atoms with E-state index in [0.717, 1.165) is 48.1 Å². The summed E-state index contributed by atoms with van der Waals surface area (Å²) in [4.78, 5) is 0. The second kappa shape index (κ2) is 16.3. The second-order valence-corrected chi connectivity index (χ2v) is 19.2. The van der Waals surface area contributed by atoms with Crippen molar-refractivity contribution in [1.29, 1.82) is 0 Å². The van der Waals surface area contributed by atoms with Crippen LogP contribution < -0.4 is 31.1 Å². The highest BCUT2D eigenvalue weighted by Gasteiger charge is 2.46. The molecule has 0 radical (unpaired) electrons. The lowest BCUT2D eigenvalue weighted by molar-refractivity contribution is 0.345. The second-order valence-electron chi connectivity index (χ2n) is 12.6. The fraction of sp³-hybridized carbons (Fsp3) is 0.0435. The summed E-state index contributed by atoms with van der Waals surface area (Å²) in [6.07, 6.45) is 0.426. The predicted octanol–water partition coefficient (Wildman–Crippen LogP) is 6.52. The zero-order valence-electron chi connectivity index (χ0n) is 29.1. The molecule has 0 saturated heterocycles. The van der Waals surface area contributed by atoms with Crippen LogP contribution in [0.3, 0.4) is 0 Å². The number of rotatable bonds is 13. The van der Waals surface area contributed by atoms with Crippen LogP contribution in [0, 0.1) is 0 Å². The van der Waals surface area contributed by atoms with Crippen LogP contribution in [-0.4, -0.2) is 28.1 Å². The van der Waals surface area contributed by atoms with E-state index in [-0.39, 0.29) is 0 Å². The van der Waals surface area contributed by atoms with Crippen molar-refractivity contribution in [3.8, 4) is 0 Å². The van der Waals surface area contributed by atoms with Gasteiger partial charge in [0, 0.05) is 6.42 Å². The molecule has 4 nitrogen and oxygen atoms in total. The van der Waals surface area contributed by atoms with Crippen LogP contribution in [0.2, 0.25) is 0 Å². The van der Waals surface area contributed by atoms with E-state index in [9.17, 15) is 0 Å². The Kier molecular flexibility index (Phi) is 10.8. The molecule has 7 rings (SSSR count). The van der Waals surface area contributed by atoms with Crippen LogP contribution in [0.15, 0.2) is 223 Å². The Bertz CT molecular complexity index is 2010. The lowest BCUT2D eigenvalue weighted by Crippen LogP contribution is -2.68. The molecule has 0 N–H and O–H groups in total. The third-order valence-electron chi connectivity index (χ3n) is 9.24. The van der Waals surface area contributed by atoms with Crippen molar-refractivity contribution < 1.29 is 9.05 Å². The lowest BCUT2D eigenvalue weighted by atomic mass is 10.1. The van der Waals surface area contributed by atoms with Gasteiger partial charge in [-0.2, -0.15) is 0 Å². The summed E-state index contributed by atoms with van der Waals surface area (Å²) in [6.45, 7) is 2.01. The standard InChI is InChI=1S/C46H40N2O2Si2/c1-38(47-49-51(40-25-11-3-12-26-40,41-27-13-4-14-28-41)42-29-15-5-16-30-42)37-46(39-23-9-2-10-24-39)48-50-52(43-31-17-6-18-32-43,44-33-19-7-20-34-44)45-35-21-8-22-36-45/h2-36H,37H2,1H3/b47-38+,48-46+. The number of hydrogen-bond donors (Lipinski definition) is 0. The molecule has 254 valence electrons. The molecule has 0 unspecified atom stereocenters. The quantitative estimate of drug-likeness (QED) is 0.0593. The van der Waals surface area contributed by atoms with E-state index in [4.69, 9.17) is 19.4 Å². The van der Waals surface area contributed by atoms with Crippen molar-refractivity contribution in [2.75, 3.05) is 0 Å². The number of nitrogens with zero attached hydrogens (tertiary/aromatic N) is 2. The molecule has 7 aromatic rings. The highest BCUT2D eigenvalue weighted by atomic mass is 28.4. The van der Waals surface area contributed by atoms with Gasteiger partial charge in [0.25, 0.3) is 0 Å². The summed E-state index contributed by atoms with van der Waals surface area (Å²) < 4.78 is 14.1. The van der Waals surface area contributed by atoms with E-state index in [1.54, 1.807) is 0 Å². The van der Waals surface area contributed by atoms with Gasteiger partial charge in [0.1, 0.15) is 0 Å². The lowest BCUT2D eigenvalue weighted by Gasteiger charge is -2.31. The van der Waals surface area contributed by atoms with Gasteiger partial charge in [-0.1, -0.05) is 212 Å². The fourth-order valence-electron chi connectivity index (χ4n) is 6.72. The first kappa shape index (κ1) is 34.4. The van der Waals surface area contributed by atoms with Crippen LogP contribution in [0.5, 0.6) is 0 Å². The van der Waals surface area contributed by atoms with Gasteiger partial charge in [0.2, 0.25) is 0 Å². The first-order chi connectivity index (χ1) is 25.7. The minimum absolute atomic E-state index is 0.426. The first-order valence-electron chi connectivity index (χ1n) is 17.6. The largest absolute Gasteiger partial charge is 0.438 e. The monoisotopic (exact) mass is 708 g/mol. The van der Waals surface area contributed by atoms with Crippen molar-refractivity contribution in [3.63, 3.8) is 0 Å². The molecule has 0 fully saturated rings. The van der Waals surface area contributed by atoms with E-state index in [1.807, 2.05) is 61.5 Å². The first-order valence-corrected chi connectivity index (χ1v) is 21.4. The predicted molar refractivity (Wildman–Crippen MR) is 221 cm³/mol. The third kappa shape index (κ3) is 7.21. The molecule has 52 heavy (non-hydrogen) atoms. The van der Waals surface area contributed by atoms with Gasteiger partial charge in [-0.05, 0) is 43.6 Å². The molecule has 7 aromatic carbocycles. The van der Waals surface area contributed by atoms with Crippen molar-refractivity contribution >= 4 is 59.2 Å². The van der Waals surface area contributed by atoms with Gasteiger partial charge >= 0.3 is 16.6 Å². The summed E-state index contributed by atoms with van der Waals surface area (Å²) in [5, 5.41) is 16.8. The Labute approximate surface area is 308 Å². The van der Waals surface area contributed by atoms with E-state index in [2.05, 4.69) is 158 Å². The average Bonchev–Trinajstić information content (AvgIpc) is 3.23. The summed E-state index contributed by atoms with van der Waals surface area (Å²) in [5.41, 5.74) is 2.53. The summed E-state index contributed by atoms with van der Waals surface area (Å²) in [6, 6.07) is 73.2. The molecule has 0 heterocycles. The molecule has 0 bridgehead atoms. The van der Waals surface area contributed by atoms with Crippen LogP contribution in [0.1, 0.15) is 18.9 Å². The Hall–Kier alpha value is -6.09. The molecule has 0 amide bonds. The minimum Gasteiger partial charge on any atom is -0.438 e. The van der Waals surface area contributed by atoms with Crippen molar-refractivity contribution in [1.82, 2.24) is 0 Å². The topological polar surface area (TPSA) is 43.2 Å². The zero-order valence-corrected chi connectivity index (χ0v) is 31.1. The third-order valence-corrected chi connectivity index (χ3v) is 16.9. The Morgan fingerprint density at radius 1 is 0.365 bits per heavy atom. The molecule has 0 atom stereocenters. The fourth-order valence-corrected chi connectivity index (χ4v) is 13.9. The Morgan fingerprint density at radius 2 is 0.615 bits per heavy atom. The van der Waals surface area contributed by atoms with E-state index in [1.165, 1.54) is 0 Å². The Balaban J connectivity index is 1.33. The molecule has 0 aliphatic carbocycles. The van der Waals surface area contributed by atoms with E-state index < -0.39 is 16.6 Å². The van der Waals surface area contributed by atoms with E-state index in [0.29, 0.717) is 6.42 Å². The zero-order chi connectivity index (χ0) is 35.5. The minimum atomic E-state index is -3.10. The van der Waals surface area contributed by atoms with Gasteiger partial charge < -0.3 is 9.05 Å². The van der Waals surface area contributed by atoms with Gasteiger partial charge in [-0.3, -0.25) is 0 Å². The molecular weight excluding hydrogens is 669 g/mol. The summed E-state index contributed by atoms with van der Waals surface area (Å²) in [5.74, 6) is 0. The van der Waals surface area contributed by atoms with E-state index >= 15 is 0 Å². The molecule has 0 aliphatic heterocycles. The van der Waals surface area contributed by atoms with Crippen LogP contribution in [-0.2, 0) is 9.05 Å². The Morgan fingerprint density at radius 3 is 0.904 bits per heavy atom.